The van der Waals surface area contributed by atoms with E-state index in [-0.39, 0.29) is 1.43 Å². The van der Waals surface area contributed by atoms with Gasteiger partial charge in [0, 0.05) is 7.12 Å². The first-order valence-corrected chi connectivity index (χ1v) is 6.42. The summed E-state index contributed by atoms with van der Waals surface area (Å²) in [5, 5.41) is 0. The van der Waals surface area contributed by atoms with Crippen molar-refractivity contribution < 1.29 is 1.43 Å². The van der Waals surface area contributed by atoms with Crippen LogP contribution < -0.4 is 5.73 Å². The quantitative estimate of drug-likeness (QED) is 0.750. The van der Waals surface area contributed by atoms with Crippen LogP contribution in [0.2, 0.25) is 0 Å². The predicted octanol–water partition coefficient (Wildman–Crippen LogP) is 4.61. The van der Waals surface area contributed by atoms with Gasteiger partial charge in [-0.1, -0.05) is 63.6 Å². The number of nitrogens with two attached hydrogens (primary N) is 1. The Hall–Kier alpha value is -1.50. The molecular formula is C16H25N. The minimum absolute atomic E-state index is 0. The van der Waals surface area contributed by atoms with Crippen molar-refractivity contribution in [1.29, 1.82) is 0 Å². The number of allylic oxidation sites excluding steroid dienone is 3. The zero-order valence-electron chi connectivity index (χ0n) is 11.1. The fourth-order valence-corrected chi connectivity index (χ4v) is 1.96. The van der Waals surface area contributed by atoms with Crippen LogP contribution in [0.4, 0.5) is 0 Å². The fourth-order valence-electron chi connectivity index (χ4n) is 1.96. The van der Waals surface area contributed by atoms with Gasteiger partial charge in [-0.05, 0) is 29.6 Å². The van der Waals surface area contributed by atoms with Gasteiger partial charge in [0.1, 0.15) is 0 Å². The Morgan fingerprint density at radius 1 is 1.24 bits per heavy atom. The lowest BCUT2D eigenvalue weighted by Crippen LogP contribution is -2.09. The van der Waals surface area contributed by atoms with Crippen molar-refractivity contribution in [3.63, 3.8) is 0 Å². The molecule has 1 heteroatoms. The highest BCUT2D eigenvalue weighted by Gasteiger charge is 2.15. The molecule has 1 aliphatic carbocycles. The average molecular weight is 231 g/mol. The van der Waals surface area contributed by atoms with Gasteiger partial charge in [-0.15, -0.1) is 0 Å². The summed E-state index contributed by atoms with van der Waals surface area (Å²) in [6.45, 7) is 6.47. The van der Waals surface area contributed by atoms with Crippen molar-refractivity contribution in [1.82, 2.24) is 0 Å². The molecule has 1 nitrogen and oxygen atoms in total. The van der Waals surface area contributed by atoms with Crippen LogP contribution in [0, 0.1) is 5.92 Å². The van der Waals surface area contributed by atoms with E-state index in [9.17, 15) is 0 Å². The molecule has 0 spiro atoms. The molecule has 1 aliphatic rings. The number of benzene rings is 1. The van der Waals surface area contributed by atoms with Gasteiger partial charge in [0.25, 0.3) is 0 Å². The summed E-state index contributed by atoms with van der Waals surface area (Å²) in [4.78, 5) is 0. The topological polar surface area (TPSA) is 26.0 Å². The van der Waals surface area contributed by atoms with E-state index in [0.717, 1.165) is 12.1 Å². The number of hydrogen-bond acceptors (Lipinski definition) is 1. The third-order valence-electron chi connectivity index (χ3n) is 2.68. The Kier molecular flexibility index (Phi) is 5.55. The highest BCUT2D eigenvalue weighted by molar-refractivity contribution is 5.72. The van der Waals surface area contributed by atoms with Crippen molar-refractivity contribution >= 4 is 5.57 Å². The molecule has 0 aromatic heterocycles. The molecule has 0 aliphatic heterocycles. The molecule has 1 aromatic carbocycles. The highest BCUT2D eigenvalue weighted by Crippen LogP contribution is 2.31. The molecule has 94 valence electrons. The molecule has 0 heterocycles. The van der Waals surface area contributed by atoms with E-state index in [2.05, 4.69) is 51.1 Å². The van der Waals surface area contributed by atoms with E-state index < -0.39 is 0 Å². The van der Waals surface area contributed by atoms with Crippen molar-refractivity contribution in [2.45, 2.75) is 33.6 Å². The lowest BCUT2D eigenvalue weighted by atomic mass is 9.86. The normalized spacial score (nSPS) is 18.6. The summed E-state index contributed by atoms with van der Waals surface area (Å²) in [6, 6.07) is 10.4. The van der Waals surface area contributed by atoms with Crippen LogP contribution in [0.15, 0.2) is 48.2 Å². The molecular weight excluding hydrogens is 206 g/mol. The second-order valence-corrected chi connectivity index (χ2v) is 4.48. The van der Waals surface area contributed by atoms with Crippen LogP contribution in [0.3, 0.4) is 0 Å². The minimum atomic E-state index is 0. The van der Waals surface area contributed by atoms with Crippen molar-refractivity contribution in [2.75, 3.05) is 0 Å². The van der Waals surface area contributed by atoms with Gasteiger partial charge in [-0.2, -0.15) is 0 Å². The summed E-state index contributed by atoms with van der Waals surface area (Å²) in [5.74, 6) is 0.530. The van der Waals surface area contributed by atoms with Crippen molar-refractivity contribution in [2.24, 2.45) is 11.7 Å². The SMILES string of the molecule is CC1CC=CC(N)=C1c1ccccc1.CCC.[HH]. The predicted molar refractivity (Wildman–Crippen MR) is 78.5 cm³/mol. The van der Waals surface area contributed by atoms with Gasteiger partial charge in [0.15, 0.2) is 0 Å². The largest absolute Gasteiger partial charge is 0.398 e. The van der Waals surface area contributed by atoms with Gasteiger partial charge in [0.2, 0.25) is 0 Å². The van der Waals surface area contributed by atoms with Crippen LogP contribution in [-0.4, -0.2) is 0 Å². The second-order valence-electron chi connectivity index (χ2n) is 4.48. The van der Waals surface area contributed by atoms with Gasteiger partial charge < -0.3 is 5.73 Å². The molecule has 2 rings (SSSR count). The van der Waals surface area contributed by atoms with E-state index in [1.165, 1.54) is 17.6 Å². The lowest BCUT2D eigenvalue weighted by molar-refractivity contribution is 0.750. The molecule has 0 radical (unpaired) electrons. The van der Waals surface area contributed by atoms with E-state index >= 15 is 0 Å². The van der Waals surface area contributed by atoms with Crippen molar-refractivity contribution in [3.8, 4) is 0 Å². The first-order valence-electron chi connectivity index (χ1n) is 6.42. The lowest BCUT2D eigenvalue weighted by Gasteiger charge is -2.20. The summed E-state index contributed by atoms with van der Waals surface area (Å²) in [6.07, 6.45) is 6.50. The maximum absolute atomic E-state index is 5.99. The maximum atomic E-state index is 5.99. The third-order valence-corrected chi connectivity index (χ3v) is 2.68. The Labute approximate surface area is 107 Å². The number of rotatable bonds is 1. The second kappa shape index (κ2) is 6.95. The fraction of sp³-hybridized carbons (Fsp3) is 0.375. The van der Waals surface area contributed by atoms with Gasteiger partial charge >= 0.3 is 0 Å². The third kappa shape index (κ3) is 3.77. The summed E-state index contributed by atoms with van der Waals surface area (Å²) < 4.78 is 0. The maximum Gasteiger partial charge on any atom is 0.0352 e. The Morgan fingerprint density at radius 2 is 1.82 bits per heavy atom. The monoisotopic (exact) mass is 231 g/mol. The Bertz CT molecular complexity index is 393. The summed E-state index contributed by atoms with van der Waals surface area (Å²) in [5.41, 5.74) is 9.44. The van der Waals surface area contributed by atoms with Crippen LogP contribution in [0.1, 0.15) is 40.6 Å². The molecule has 1 atom stereocenters. The zero-order chi connectivity index (χ0) is 12.7. The van der Waals surface area contributed by atoms with E-state index in [4.69, 9.17) is 5.73 Å². The highest BCUT2D eigenvalue weighted by atomic mass is 14.6. The summed E-state index contributed by atoms with van der Waals surface area (Å²) in [7, 11) is 0. The molecule has 0 fully saturated rings. The molecule has 1 aromatic rings. The van der Waals surface area contributed by atoms with Crippen LogP contribution in [-0.2, 0) is 0 Å². The Morgan fingerprint density at radius 3 is 2.35 bits per heavy atom. The van der Waals surface area contributed by atoms with Crippen LogP contribution >= 0.6 is 0 Å². The molecule has 0 saturated carbocycles. The first kappa shape index (κ1) is 13.6. The molecule has 17 heavy (non-hydrogen) atoms. The van der Waals surface area contributed by atoms with Crippen LogP contribution in [0.5, 0.6) is 0 Å². The molecule has 0 bridgehead atoms. The average Bonchev–Trinajstić information content (AvgIpc) is 2.31. The molecule has 0 saturated heterocycles. The summed E-state index contributed by atoms with van der Waals surface area (Å²) >= 11 is 0. The minimum Gasteiger partial charge on any atom is -0.398 e. The van der Waals surface area contributed by atoms with E-state index in [1.54, 1.807) is 0 Å². The molecule has 2 N–H and O–H groups in total. The van der Waals surface area contributed by atoms with Gasteiger partial charge in [-0.3, -0.25) is 0 Å². The van der Waals surface area contributed by atoms with E-state index in [1.807, 2.05) is 12.1 Å². The van der Waals surface area contributed by atoms with Gasteiger partial charge in [-0.25, -0.2) is 0 Å². The van der Waals surface area contributed by atoms with Crippen LogP contribution in [0.25, 0.3) is 5.57 Å². The molecule has 1 unspecified atom stereocenters. The zero-order valence-corrected chi connectivity index (χ0v) is 11.1. The standard InChI is InChI=1S/C13H15N.C3H8.H2/c1-10-6-5-9-12(14)13(10)11-7-3-2-4-8-11;1-3-2;/h2-5,7-10H,6,14H2,1H3;3H2,1-2H3;1H. The first-order chi connectivity index (χ1) is 8.20. The smallest absolute Gasteiger partial charge is 0.0352 e. The van der Waals surface area contributed by atoms with E-state index in [0.29, 0.717) is 5.92 Å². The number of hydrogen-bond donors (Lipinski definition) is 1. The van der Waals surface area contributed by atoms with Gasteiger partial charge in [0.05, 0.1) is 0 Å². The Balaban J connectivity index is 0.000000660. The van der Waals surface area contributed by atoms with Crippen molar-refractivity contribution in [3.05, 3.63) is 53.7 Å². The molecule has 0 amide bonds.